The number of esters is 1. The fourth-order valence-corrected chi connectivity index (χ4v) is 5.11. The van der Waals surface area contributed by atoms with Gasteiger partial charge in [-0.05, 0) is 61.7 Å². The first-order valence-corrected chi connectivity index (χ1v) is 11.8. The number of amides is 1. The standard InChI is InChI=1S/C27H22FN3O5/c28-18-5-3-16(4-6-18)26(34)29-19-7-8-22-21(15-19)25(17-11-13-30-12-1-2-20(30)14-17)27-31(22)36-24(33)10-9-23(32)35-27/h3-10,14-15,17H,1-2,11-13H2,(H,29,34)/b10-9+. The molecule has 4 heterocycles. The van der Waals surface area contributed by atoms with Gasteiger partial charge >= 0.3 is 11.9 Å². The van der Waals surface area contributed by atoms with Gasteiger partial charge in [0.15, 0.2) is 0 Å². The highest BCUT2D eigenvalue weighted by atomic mass is 19.1. The maximum atomic E-state index is 13.3. The van der Waals surface area contributed by atoms with Crippen molar-refractivity contribution in [1.29, 1.82) is 0 Å². The number of aromatic nitrogens is 1. The van der Waals surface area contributed by atoms with Crippen molar-refractivity contribution in [3.63, 3.8) is 0 Å². The molecule has 1 saturated heterocycles. The van der Waals surface area contributed by atoms with Crippen LogP contribution in [0.15, 0.2) is 66.4 Å². The summed E-state index contributed by atoms with van der Waals surface area (Å²) in [7, 11) is 0. The summed E-state index contributed by atoms with van der Waals surface area (Å²) in [4.78, 5) is 45.3. The summed E-state index contributed by atoms with van der Waals surface area (Å²) in [6, 6.07) is 10.4. The summed E-state index contributed by atoms with van der Waals surface area (Å²) < 4.78 is 20.2. The molecule has 2 aromatic carbocycles. The molecule has 0 saturated carbocycles. The second-order valence-electron chi connectivity index (χ2n) is 9.01. The number of hydrogen-bond donors (Lipinski definition) is 1. The second-order valence-corrected chi connectivity index (χ2v) is 9.01. The van der Waals surface area contributed by atoms with Crippen molar-refractivity contribution in [2.75, 3.05) is 18.4 Å². The molecular formula is C27H22FN3O5. The quantitative estimate of drug-likeness (QED) is 0.563. The summed E-state index contributed by atoms with van der Waals surface area (Å²) in [6.07, 6.45) is 7.14. The van der Waals surface area contributed by atoms with Crippen molar-refractivity contribution in [3.05, 3.63) is 83.3 Å². The number of fused-ring (bicyclic) bond motifs is 4. The van der Waals surface area contributed by atoms with E-state index in [1.807, 2.05) is 0 Å². The summed E-state index contributed by atoms with van der Waals surface area (Å²) in [5.41, 5.74) is 3.32. The molecule has 1 unspecified atom stereocenters. The highest BCUT2D eigenvalue weighted by Gasteiger charge is 2.32. The van der Waals surface area contributed by atoms with Crippen LogP contribution in [-0.2, 0) is 9.59 Å². The van der Waals surface area contributed by atoms with Crippen LogP contribution in [0, 0.1) is 5.82 Å². The van der Waals surface area contributed by atoms with Crippen molar-refractivity contribution in [1.82, 2.24) is 9.63 Å². The summed E-state index contributed by atoms with van der Waals surface area (Å²) in [6.45, 7) is 1.90. The number of hydrogen-bond acceptors (Lipinski definition) is 6. The minimum absolute atomic E-state index is 0.0777. The zero-order chi connectivity index (χ0) is 24.8. The first-order valence-electron chi connectivity index (χ1n) is 11.8. The predicted octanol–water partition coefficient (Wildman–Crippen LogP) is 3.93. The van der Waals surface area contributed by atoms with E-state index in [4.69, 9.17) is 9.57 Å². The minimum atomic E-state index is -0.700. The van der Waals surface area contributed by atoms with Gasteiger partial charge in [0.25, 0.3) is 5.91 Å². The summed E-state index contributed by atoms with van der Waals surface area (Å²) >= 11 is 0. The largest absolute Gasteiger partial charge is 0.403 e. The van der Waals surface area contributed by atoms with Crippen molar-refractivity contribution < 1.29 is 28.3 Å². The molecule has 0 spiro atoms. The normalized spacial score (nSPS) is 20.0. The lowest BCUT2D eigenvalue weighted by atomic mass is 9.90. The average molecular weight is 487 g/mol. The van der Waals surface area contributed by atoms with Gasteiger partial charge in [-0.15, -0.1) is 4.73 Å². The van der Waals surface area contributed by atoms with Crippen LogP contribution in [0.1, 0.15) is 41.1 Å². The maximum absolute atomic E-state index is 13.3. The molecule has 8 nitrogen and oxygen atoms in total. The fraction of sp³-hybridized carbons (Fsp3) is 0.222. The molecule has 9 heteroatoms. The Kier molecular flexibility index (Phi) is 5.32. The number of carbonyl (C=O) groups excluding carboxylic acids is 3. The molecule has 0 bridgehead atoms. The summed E-state index contributed by atoms with van der Waals surface area (Å²) in [5.74, 6) is -2.11. The Labute approximate surface area is 205 Å². The zero-order valence-electron chi connectivity index (χ0n) is 19.2. The Morgan fingerprint density at radius 3 is 2.67 bits per heavy atom. The number of anilines is 1. The molecule has 1 N–H and O–H groups in total. The van der Waals surface area contributed by atoms with E-state index in [1.165, 1.54) is 34.7 Å². The van der Waals surface area contributed by atoms with E-state index >= 15 is 0 Å². The number of halogens is 1. The molecule has 1 aromatic heterocycles. The lowest BCUT2D eigenvalue weighted by Crippen LogP contribution is -2.26. The van der Waals surface area contributed by atoms with Gasteiger partial charge in [0, 0.05) is 59.1 Å². The van der Waals surface area contributed by atoms with E-state index < -0.39 is 23.7 Å². The molecule has 3 aliphatic heterocycles. The van der Waals surface area contributed by atoms with Crippen LogP contribution in [0.25, 0.3) is 10.9 Å². The van der Waals surface area contributed by atoms with Crippen molar-refractivity contribution >= 4 is 34.4 Å². The second kappa shape index (κ2) is 8.67. The van der Waals surface area contributed by atoms with Crippen LogP contribution >= 0.6 is 0 Å². The molecule has 182 valence electrons. The minimum Gasteiger partial charge on any atom is -0.403 e. The number of allylic oxidation sites excluding steroid dienone is 2. The molecule has 6 rings (SSSR count). The van der Waals surface area contributed by atoms with Gasteiger partial charge in [0.1, 0.15) is 5.82 Å². The summed E-state index contributed by atoms with van der Waals surface area (Å²) in [5, 5.41) is 3.53. The Morgan fingerprint density at radius 2 is 1.83 bits per heavy atom. The first-order chi connectivity index (χ1) is 17.5. The molecule has 1 fully saturated rings. The third-order valence-electron chi connectivity index (χ3n) is 6.76. The number of nitrogens with zero attached hydrogens (tertiary/aromatic N) is 2. The van der Waals surface area contributed by atoms with Gasteiger partial charge < -0.3 is 19.8 Å². The van der Waals surface area contributed by atoms with Crippen LogP contribution < -0.4 is 14.9 Å². The van der Waals surface area contributed by atoms with E-state index in [2.05, 4.69) is 16.3 Å². The number of rotatable bonds is 3. The Hall–Kier alpha value is -4.40. The Bertz CT molecular complexity index is 1470. The van der Waals surface area contributed by atoms with E-state index in [1.54, 1.807) is 18.2 Å². The Morgan fingerprint density at radius 1 is 1.03 bits per heavy atom. The van der Waals surface area contributed by atoms with E-state index in [0.29, 0.717) is 22.2 Å². The van der Waals surface area contributed by atoms with Crippen LogP contribution in [-0.4, -0.2) is 40.6 Å². The molecule has 3 aliphatic rings. The lowest BCUT2D eigenvalue weighted by molar-refractivity contribution is -0.142. The number of nitrogens with one attached hydrogen (secondary N) is 1. The molecule has 3 aromatic rings. The van der Waals surface area contributed by atoms with Crippen LogP contribution in [0.2, 0.25) is 0 Å². The van der Waals surface area contributed by atoms with Crippen molar-refractivity contribution in [2.24, 2.45) is 0 Å². The SMILES string of the molecule is O=C1/C=C/C(=O)On2c(c(C3C=C4CCCN4CC3)c3cc(NC(=O)c4ccc(F)cc4)ccc32)O1. The third kappa shape index (κ3) is 3.92. The van der Waals surface area contributed by atoms with E-state index in [9.17, 15) is 18.8 Å². The topological polar surface area (TPSA) is 89.9 Å². The maximum Gasteiger partial charge on any atom is 0.356 e. The highest BCUT2D eigenvalue weighted by molar-refractivity contribution is 6.05. The zero-order valence-corrected chi connectivity index (χ0v) is 19.2. The molecule has 0 aliphatic carbocycles. The van der Waals surface area contributed by atoms with E-state index in [0.717, 1.165) is 50.1 Å². The average Bonchev–Trinajstić information content (AvgIpc) is 3.44. The monoisotopic (exact) mass is 487 g/mol. The smallest absolute Gasteiger partial charge is 0.356 e. The Balaban J connectivity index is 1.46. The van der Waals surface area contributed by atoms with Crippen molar-refractivity contribution in [3.8, 4) is 5.88 Å². The molecule has 0 radical (unpaired) electrons. The molecule has 1 atom stereocenters. The fourth-order valence-electron chi connectivity index (χ4n) is 5.11. The molecular weight excluding hydrogens is 465 g/mol. The van der Waals surface area contributed by atoms with Crippen LogP contribution in [0.3, 0.4) is 0 Å². The molecule has 1 amide bonds. The molecule has 36 heavy (non-hydrogen) atoms. The highest BCUT2D eigenvalue weighted by Crippen LogP contribution is 2.44. The van der Waals surface area contributed by atoms with Crippen LogP contribution in [0.5, 0.6) is 5.88 Å². The van der Waals surface area contributed by atoms with Gasteiger partial charge in [-0.1, -0.05) is 6.08 Å². The first kappa shape index (κ1) is 22.1. The lowest BCUT2D eigenvalue weighted by Gasteiger charge is -2.29. The van der Waals surface area contributed by atoms with Gasteiger partial charge in [-0.2, -0.15) is 0 Å². The van der Waals surface area contributed by atoms with Gasteiger partial charge in [0.2, 0.25) is 5.88 Å². The number of ether oxygens (including phenoxy) is 1. The number of carbonyl (C=O) groups is 3. The van der Waals surface area contributed by atoms with E-state index in [-0.39, 0.29) is 11.8 Å². The third-order valence-corrected chi connectivity index (χ3v) is 6.76. The van der Waals surface area contributed by atoms with Crippen LogP contribution in [0.4, 0.5) is 10.1 Å². The number of benzene rings is 2. The van der Waals surface area contributed by atoms with Crippen molar-refractivity contribution in [2.45, 2.75) is 25.2 Å². The van der Waals surface area contributed by atoms with Gasteiger partial charge in [0.05, 0.1) is 5.52 Å². The van der Waals surface area contributed by atoms with Gasteiger partial charge in [-0.25, -0.2) is 14.0 Å². The predicted molar refractivity (Wildman–Crippen MR) is 129 cm³/mol. The van der Waals surface area contributed by atoms with Gasteiger partial charge in [-0.3, -0.25) is 4.79 Å².